The van der Waals surface area contributed by atoms with Crippen LogP contribution in [0, 0.1) is 5.82 Å². The van der Waals surface area contributed by atoms with E-state index in [0.29, 0.717) is 11.4 Å². The van der Waals surface area contributed by atoms with Gasteiger partial charge in [-0.05, 0) is 36.8 Å². The summed E-state index contributed by atoms with van der Waals surface area (Å²) in [6.45, 7) is 2.80. The largest absolute Gasteiger partial charge is 0.370 e. The number of hydrogen-bond donors (Lipinski definition) is 2. The summed E-state index contributed by atoms with van der Waals surface area (Å²) in [5, 5.41) is 5.88. The topological polar surface area (TPSA) is 54.0 Å². The van der Waals surface area contributed by atoms with Crippen molar-refractivity contribution in [2.75, 3.05) is 17.2 Å². The quantitative estimate of drug-likeness (QED) is 0.879. The van der Waals surface area contributed by atoms with Gasteiger partial charge in [0.05, 0.1) is 5.69 Å². The smallest absolute Gasteiger partial charge is 0.255 e. The zero-order valence-electron chi connectivity index (χ0n) is 11.5. The SMILES string of the molecule is CCCNc1cc(C(=O)Nc2ccc(Cl)cc2F)ccn1. The van der Waals surface area contributed by atoms with E-state index in [-0.39, 0.29) is 10.7 Å². The molecule has 1 aromatic heterocycles. The van der Waals surface area contributed by atoms with Gasteiger partial charge in [0.15, 0.2) is 0 Å². The third kappa shape index (κ3) is 4.16. The van der Waals surface area contributed by atoms with Crippen molar-refractivity contribution in [3.8, 4) is 0 Å². The summed E-state index contributed by atoms with van der Waals surface area (Å²) in [4.78, 5) is 16.2. The van der Waals surface area contributed by atoms with E-state index in [2.05, 4.69) is 15.6 Å². The summed E-state index contributed by atoms with van der Waals surface area (Å²) in [6.07, 6.45) is 2.49. The van der Waals surface area contributed by atoms with Crippen molar-refractivity contribution in [1.29, 1.82) is 0 Å². The van der Waals surface area contributed by atoms with E-state index in [4.69, 9.17) is 11.6 Å². The fraction of sp³-hybridized carbons (Fsp3) is 0.200. The van der Waals surface area contributed by atoms with Crippen LogP contribution in [0.5, 0.6) is 0 Å². The molecule has 1 amide bonds. The molecular weight excluding hydrogens is 293 g/mol. The lowest BCUT2D eigenvalue weighted by molar-refractivity contribution is 0.102. The molecule has 2 N–H and O–H groups in total. The maximum absolute atomic E-state index is 13.6. The van der Waals surface area contributed by atoms with E-state index in [9.17, 15) is 9.18 Å². The van der Waals surface area contributed by atoms with Crippen LogP contribution in [0.25, 0.3) is 0 Å². The van der Waals surface area contributed by atoms with Crippen LogP contribution < -0.4 is 10.6 Å². The van der Waals surface area contributed by atoms with Crippen LogP contribution in [0.2, 0.25) is 5.02 Å². The van der Waals surface area contributed by atoms with Gasteiger partial charge in [0.2, 0.25) is 0 Å². The van der Waals surface area contributed by atoms with Crippen molar-refractivity contribution in [1.82, 2.24) is 4.98 Å². The van der Waals surface area contributed by atoms with Gasteiger partial charge >= 0.3 is 0 Å². The van der Waals surface area contributed by atoms with Crippen molar-refractivity contribution in [2.45, 2.75) is 13.3 Å². The van der Waals surface area contributed by atoms with Crippen molar-refractivity contribution in [3.63, 3.8) is 0 Å². The zero-order valence-corrected chi connectivity index (χ0v) is 12.2. The molecule has 4 nitrogen and oxygen atoms in total. The predicted molar refractivity (Wildman–Crippen MR) is 82.4 cm³/mol. The van der Waals surface area contributed by atoms with Crippen molar-refractivity contribution < 1.29 is 9.18 Å². The lowest BCUT2D eigenvalue weighted by Crippen LogP contribution is -2.14. The molecule has 2 rings (SSSR count). The Morgan fingerprint density at radius 2 is 2.14 bits per heavy atom. The third-order valence-corrected chi connectivity index (χ3v) is 2.99. The van der Waals surface area contributed by atoms with Gasteiger partial charge in [0.25, 0.3) is 5.91 Å². The summed E-state index contributed by atoms with van der Waals surface area (Å²) in [6, 6.07) is 7.28. The van der Waals surface area contributed by atoms with Gasteiger partial charge in [0.1, 0.15) is 11.6 Å². The molecule has 0 aliphatic rings. The predicted octanol–water partition coefficient (Wildman–Crippen LogP) is 3.95. The minimum atomic E-state index is -0.575. The molecule has 0 saturated heterocycles. The molecule has 0 fully saturated rings. The van der Waals surface area contributed by atoms with Crippen LogP contribution in [0.1, 0.15) is 23.7 Å². The number of carbonyl (C=O) groups excluding carboxylic acids is 1. The number of nitrogens with one attached hydrogen (secondary N) is 2. The average Bonchev–Trinajstić information content (AvgIpc) is 2.48. The first-order valence-corrected chi connectivity index (χ1v) is 6.94. The number of pyridine rings is 1. The molecule has 21 heavy (non-hydrogen) atoms. The van der Waals surface area contributed by atoms with Crippen LogP contribution in [0.15, 0.2) is 36.5 Å². The number of carbonyl (C=O) groups is 1. The van der Waals surface area contributed by atoms with E-state index in [0.717, 1.165) is 19.0 Å². The summed E-state index contributed by atoms with van der Waals surface area (Å²) in [7, 11) is 0. The molecule has 6 heteroatoms. The Balaban J connectivity index is 2.12. The first kappa shape index (κ1) is 15.3. The molecule has 1 heterocycles. The van der Waals surface area contributed by atoms with Crippen LogP contribution >= 0.6 is 11.6 Å². The Morgan fingerprint density at radius 1 is 1.33 bits per heavy atom. The maximum atomic E-state index is 13.6. The lowest BCUT2D eigenvalue weighted by Gasteiger charge is -2.08. The number of aromatic nitrogens is 1. The maximum Gasteiger partial charge on any atom is 0.255 e. The van der Waals surface area contributed by atoms with Crippen LogP contribution in [0.3, 0.4) is 0 Å². The number of amides is 1. The molecule has 2 aromatic rings. The number of benzene rings is 1. The van der Waals surface area contributed by atoms with E-state index >= 15 is 0 Å². The molecule has 0 bridgehead atoms. The van der Waals surface area contributed by atoms with E-state index < -0.39 is 11.7 Å². The Bertz CT molecular complexity index is 649. The fourth-order valence-electron chi connectivity index (χ4n) is 1.71. The molecule has 0 aliphatic carbocycles. The number of rotatable bonds is 5. The van der Waals surface area contributed by atoms with E-state index in [1.54, 1.807) is 12.1 Å². The van der Waals surface area contributed by atoms with Gasteiger partial charge in [-0.2, -0.15) is 0 Å². The van der Waals surface area contributed by atoms with Crippen molar-refractivity contribution in [3.05, 3.63) is 52.9 Å². The molecule has 0 atom stereocenters. The molecule has 0 aliphatic heterocycles. The van der Waals surface area contributed by atoms with Crippen LogP contribution in [0.4, 0.5) is 15.9 Å². The second-order valence-corrected chi connectivity index (χ2v) is 4.87. The Hall–Kier alpha value is -2.14. The van der Waals surface area contributed by atoms with Gasteiger partial charge in [-0.15, -0.1) is 0 Å². The Kier molecular flexibility index (Phi) is 5.11. The standard InChI is InChI=1S/C15H15ClFN3O/c1-2-6-18-14-8-10(5-7-19-14)15(21)20-13-4-3-11(16)9-12(13)17/h3-5,7-9H,2,6H2,1H3,(H,18,19)(H,20,21). The monoisotopic (exact) mass is 307 g/mol. The van der Waals surface area contributed by atoms with Crippen LogP contribution in [-0.4, -0.2) is 17.4 Å². The molecule has 1 aromatic carbocycles. The highest BCUT2D eigenvalue weighted by atomic mass is 35.5. The summed E-state index contributed by atoms with van der Waals surface area (Å²) < 4.78 is 13.6. The van der Waals surface area contributed by atoms with Gasteiger partial charge in [-0.1, -0.05) is 18.5 Å². The highest BCUT2D eigenvalue weighted by molar-refractivity contribution is 6.30. The first-order valence-electron chi connectivity index (χ1n) is 6.56. The number of halogens is 2. The molecule has 0 spiro atoms. The lowest BCUT2D eigenvalue weighted by atomic mass is 10.2. The highest BCUT2D eigenvalue weighted by Crippen LogP contribution is 2.19. The summed E-state index contributed by atoms with van der Waals surface area (Å²) in [5.41, 5.74) is 0.488. The molecular formula is C15H15ClFN3O. The average molecular weight is 308 g/mol. The normalized spacial score (nSPS) is 10.2. The Morgan fingerprint density at radius 3 is 2.86 bits per heavy atom. The summed E-state index contributed by atoms with van der Waals surface area (Å²) in [5.74, 6) is -0.367. The van der Waals surface area contributed by atoms with Crippen LogP contribution in [-0.2, 0) is 0 Å². The number of hydrogen-bond acceptors (Lipinski definition) is 3. The number of anilines is 2. The molecule has 0 unspecified atom stereocenters. The summed E-state index contributed by atoms with van der Waals surface area (Å²) >= 11 is 5.67. The van der Waals surface area contributed by atoms with E-state index in [1.165, 1.54) is 18.3 Å². The second-order valence-electron chi connectivity index (χ2n) is 4.43. The first-order chi connectivity index (χ1) is 10.1. The molecule has 110 valence electrons. The van der Waals surface area contributed by atoms with Gasteiger partial charge in [-0.25, -0.2) is 9.37 Å². The van der Waals surface area contributed by atoms with Gasteiger partial charge in [-0.3, -0.25) is 4.79 Å². The molecule has 0 radical (unpaired) electrons. The van der Waals surface area contributed by atoms with Gasteiger partial charge in [0, 0.05) is 23.3 Å². The van der Waals surface area contributed by atoms with Crippen molar-refractivity contribution >= 4 is 29.0 Å². The minimum Gasteiger partial charge on any atom is -0.370 e. The minimum absolute atomic E-state index is 0.0873. The van der Waals surface area contributed by atoms with Crippen molar-refractivity contribution in [2.24, 2.45) is 0 Å². The Labute approximate surface area is 127 Å². The number of nitrogens with zero attached hydrogens (tertiary/aromatic N) is 1. The third-order valence-electron chi connectivity index (χ3n) is 2.76. The highest BCUT2D eigenvalue weighted by Gasteiger charge is 2.10. The zero-order chi connectivity index (χ0) is 15.2. The fourth-order valence-corrected chi connectivity index (χ4v) is 1.87. The van der Waals surface area contributed by atoms with Gasteiger partial charge < -0.3 is 10.6 Å². The van der Waals surface area contributed by atoms with E-state index in [1.807, 2.05) is 6.92 Å². The molecule has 0 saturated carbocycles. The second kappa shape index (κ2) is 7.04.